The number of thiazole rings is 1. The molecule has 1 aromatic rings. The van der Waals surface area contributed by atoms with Crippen molar-refractivity contribution in [1.82, 2.24) is 20.5 Å². The van der Waals surface area contributed by atoms with Gasteiger partial charge in [0.15, 0.2) is 5.96 Å². The Bertz CT molecular complexity index is 560. The summed E-state index contributed by atoms with van der Waals surface area (Å²) in [6.07, 6.45) is 1.06. The van der Waals surface area contributed by atoms with Gasteiger partial charge in [0.2, 0.25) is 5.91 Å². The van der Waals surface area contributed by atoms with Gasteiger partial charge in [0.25, 0.3) is 0 Å². The quantitative estimate of drug-likeness (QED) is 0.587. The van der Waals surface area contributed by atoms with E-state index in [2.05, 4.69) is 27.5 Å². The summed E-state index contributed by atoms with van der Waals surface area (Å²) in [5.74, 6) is 1.11. The number of aryl methyl sites for hydroxylation is 2. The van der Waals surface area contributed by atoms with Crippen LogP contribution < -0.4 is 10.6 Å². The van der Waals surface area contributed by atoms with Crippen LogP contribution in [0, 0.1) is 19.8 Å². The summed E-state index contributed by atoms with van der Waals surface area (Å²) in [6, 6.07) is 0. The third kappa shape index (κ3) is 5.76. The Balaban J connectivity index is 1.92. The molecule has 0 aromatic carbocycles. The standard InChI is InChI=1S/C16H27N5O2S/c1-11-12(2)24-14(20-11)8-18-16(19-9-15(22)21(3)4)17-7-13-5-6-23-10-13/h13H,5-10H2,1-4H3,(H2,17,18,19). The van der Waals surface area contributed by atoms with Gasteiger partial charge in [-0.15, -0.1) is 11.3 Å². The summed E-state index contributed by atoms with van der Waals surface area (Å²) in [7, 11) is 3.46. The van der Waals surface area contributed by atoms with Gasteiger partial charge in [-0.1, -0.05) is 0 Å². The lowest BCUT2D eigenvalue weighted by Crippen LogP contribution is -2.40. The van der Waals surface area contributed by atoms with Crippen LogP contribution >= 0.6 is 11.3 Å². The van der Waals surface area contributed by atoms with E-state index in [-0.39, 0.29) is 12.5 Å². The Morgan fingerprint density at radius 3 is 2.79 bits per heavy atom. The highest BCUT2D eigenvalue weighted by atomic mass is 32.1. The number of aliphatic imine (C=N–C) groups is 1. The molecule has 1 unspecified atom stereocenters. The molecule has 2 N–H and O–H groups in total. The average Bonchev–Trinajstić information content (AvgIpc) is 3.16. The maximum atomic E-state index is 11.8. The molecule has 0 saturated carbocycles. The van der Waals surface area contributed by atoms with Gasteiger partial charge in [-0.3, -0.25) is 4.79 Å². The zero-order valence-electron chi connectivity index (χ0n) is 14.9. The van der Waals surface area contributed by atoms with Gasteiger partial charge in [0.05, 0.1) is 18.8 Å². The molecule has 7 nitrogen and oxygen atoms in total. The topological polar surface area (TPSA) is 78.9 Å². The van der Waals surface area contributed by atoms with E-state index < -0.39 is 0 Å². The van der Waals surface area contributed by atoms with Crippen molar-refractivity contribution in [2.24, 2.45) is 10.9 Å². The van der Waals surface area contributed by atoms with E-state index in [1.807, 2.05) is 6.92 Å². The molecule has 0 aliphatic carbocycles. The second-order valence-electron chi connectivity index (χ2n) is 6.17. The number of nitrogens with one attached hydrogen (secondary N) is 2. The summed E-state index contributed by atoms with van der Waals surface area (Å²) in [5, 5.41) is 7.60. The van der Waals surface area contributed by atoms with E-state index in [1.54, 1.807) is 30.3 Å². The maximum absolute atomic E-state index is 11.8. The number of carbonyl (C=O) groups excluding carboxylic acids is 1. The van der Waals surface area contributed by atoms with Gasteiger partial charge < -0.3 is 20.3 Å². The molecule has 1 fully saturated rings. The highest BCUT2D eigenvalue weighted by Gasteiger charge is 2.16. The van der Waals surface area contributed by atoms with Crippen LogP contribution in [0.25, 0.3) is 0 Å². The predicted molar refractivity (Wildman–Crippen MR) is 96.4 cm³/mol. The first kappa shape index (κ1) is 18.7. The molecular formula is C16H27N5O2S. The number of amides is 1. The number of hydrogen-bond acceptors (Lipinski definition) is 5. The van der Waals surface area contributed by atoms with Crippen molar-refractivity contribution in [1.29, 1.82) is 0 Å². The number of rotatable bonds is 6. The van der Waals surface area contributed by atoms with Crippen molar-refractivity contribution in [3.63, 3.8) is 0 Å². The number of likely N-dealkylation sites (N-methyl/N-ethyl adjacent to an activating group) is 1. The highest BCUT2D eigenvalue weighted by Crippen LogP contribution is 2.16. The van der Waals surface area contributed by atoms with Gasteiger partial charge in [-0.05, 0) is 20.3 Å². The molecule has 1 aliphatic rings. The molecule has 2 heterocycles. The summed E-state index contributed by atoms with van der Waals surface area (Å²) in [5.41, 5.74) is 1.06. The van der Waals surface area contributed by atoms with E-state index in [4.69, 9.17) is 4.74 Å². The van der Waals surface area contributed by atoms with Crippen LogP contribution in [0.5, 0.6) is 0 Å². The first-order valence-electron chi connectivity index (χ1n) is 8.18. The zero-order valence-corrected chi connectivity index (χ0v) is 15.7. The fraction of sp³-hybridized carbons (Fsp3) is 0.688. The Morgan fingerprint density at radius 1 is 1.42 bits per heavy atom. The van der Waals surface area contributed by atoms with E-state index in [0.29, 0.717) is 18.4 Å². The second kappa shape index (κ2) is 8.98. The Hall–Kier alpha value is -1.67. The molecule has 1 amide bonds. The molecule has 1 aromatic heterocycles. The molecule has 134 valence electrons. The van der Waals surface area contributed by atoms with E-state index in [0.717, 1.165) is 36.9 Å². The Labute approximate surface area is 147 Å². The molecule has 0 spiro atoms. The van der Waals surface area contributed by atoms with Crippen LogP contribution in [0.15, 0.2) is 4.99 Å². The van der Waals surface area contributed by atoms with Crippen molar-refractivity contribution >= 4 is 23.2 Å². The first-order chi connectivity index (χ1) is 11.5. The SMILES string of the molecule is Cc1nc(CNC(=NCC(=O)N(C)C)NCC2CCOC2)sc1C. The number of guanidine groups is 1. The normalized spacial score (nSPS) is 17.8. The monoisotopic (exact) mass is 353 g/mol. The van der Waals surface area contributed by atoms with Crippen molar-refractivity contribution in [2.75, 3.05) is 40.4 Å². The van der Waals surface area contributed by atoms with Crippen LogP contribution in [-0.2, 0) is 16.1 Å². The minimum absolute atomic E-state index is 0.0266. The highest BCUT2D eigenvalue weighted by molar-refractivity contribution is 7.11. The molecule has 0 radical (unpaired) electrons. The van der Waals surface area contributed by atoms with Crippen LogP contribution in [0.2, 0.25) is 0 Å². The first-order valence-corrected chi connectivity index (χ1v) is 9.00. The minimum atomic E-state index is -0.0266. The van der Waals surface area contributed by atoms with E-state index >= 15 is 0 Å². The fourth-order valence-corrected chi connectivity index (χ4v) is 3.10. The lowest BCUT2D eigenvalue weighted by atomic mass is 10.1. The number of hydrogen-bond donors (Lipinski definition) is 2. The van der Waals surface area contributed by atoms with Crippen molar-refractivity contribution in [3.05, 3.63) is 15.6 Å². The zero-order chi connectivity index (χ0) is 17.5. The largest absolute Gasteiger partial charge is 0.381 e. The van der Waals surface area contributed by atoms with E-state index in [9.17, 15) is 4.79 Å². The van der Waals surface area contributed by atoms with Gasteiger partial charge >= 0.3 is 0 Å². The summed E-state index contributed by atoms with van der Waals surface area (Å²) in [6.45, 7) is 7.20. The second-order valence-corrected chi connectivity index (χ2v) is 7.45. The Kier molecular flexibility index (Phi) is 6.99. The molecule has 1 aliphatic heterocycles. The Morgan fingerprint density at radius 2 is 2.21 bits per heavy atom. The van der Waals surface area contributed by atoms with Crippen LogP contribution in [0.3, 0.4) is 0 Å². The smallest absolute Gasteiger partial charge is 0.243 e. The van der Waals surface area contributed by atoms with Gasteiger partial charge in [0.1, 0.15) is 11.6 Å². The predicted octanol–water partition coefficient (Wildman–Crippen LogP) is 0.920. The van der Waals surface area contributed by atoms with Gasteiger partial charge in [0, 0.05) is 38.0 Å². The van der Waals surface area contributed by atoms with Crippen LogP contribution in [0.1, 0.15) is 22.0 Å². The number of aromatic nitrogens is 1. The molecule has 0 bridgehead atoms. The minimum Gasteiger partial charge on any atom is -0.381 e. The van der Waals surface area contributed by atoms with E-state index in [1.165, 1.54) is 4.88 Å². The molecule has 1 saturated heterocycles. The number of nitrogens with zero attached hydrogens (tertiary/aromatic N) is 3. The molecule has 8 heteroatoms. The lowest BCUT2D eigenvalue weighted by molar-refractivity contribution is -0.127. The van der Waals surface area contributed by atoms with Crippen molar-refractivity contribution in [3.8, 4) is 0 Å². The van der Waals surface area contributed by atoms with Crippen LogP contribution in [0.4, 0.5) is 0 Å². The van der Waals surface area contributed by atoms with Crippen molar-refractivity contribution in [2.45, 2.75) is 26.8 Å². The van der Waals surface area contributed by atoms with Gasteiger partial charge in [-0.2, -0.15) is 0 Å². The molecule has 2 rings (SSSR count). The number of carbonyl (C=O) groups is 1. The van der Waals surface area contributed by atoms with Crippen LogP contribution in [-0.4, -0.2) is 62.1 Å². The third-order valence-electron chi connectivity index (χ3n) is 3.93. The maximum Gasteiger partial charge on any atom is 0.243 e. The van der Waals surface area contributed by atoms with Gasteiger partial charge in [-0.25, -0.2) is 9.98 Å². The molecule has 24 heavy (non-hydrogen) atoms. The molecule has 1 atom stereocenters. The fourth-order valence-electron chi connectivity index (χ4n) is 2.22. The average molecular weight is 353 g/mol. The molecular weight excluding hydrogens is 326 g/mol. The van der Waals surface area contributed by atoms with Crippen molar-refractivity contribution < 1.29 is 9.53 Å². The lowest BCUT2D eigenvalue weighted by Gasteiger charge is -2.15. The summed E-state index contributed by atoms with van der Waals surface area (Å²) >= 11 is 1.68. The number of ether oxygens (including phenoxy) is 1. The summed E-state index contributed by atoms with van der Waals surface area (Å²) < 4.78 is 5.39. The third-order valence-corrected chi connectivity index (χ3v) is 5.01. The summed E-state index contributed by atoms with van der Waals surface area (Å²) in [4.78, 5) is 23.4.